The number of urea groups is 1. The quantitative estimate of drug-likeness (QED) is 0.645. The summed E-state index contributed by atoms with van der Waals surface area (Å²) in [5.74, 6) is -1.23. The Hall–Kier alpha value is -2.54. The molecule has 0 aliphatic carbocycles. The molecule has 3 N–H and O–H groups in total. The van der Waals surface area contributed by atoms with Crippen LogP contribution in [0.15, 0.2) is 47.4 Å². The Bertz CT molecular complexity index is 748. The first-order valence-electron chi connectivity index (χ1n) is 6.87. The third-order valence-corrected chi connectivity index (χ3v) is 3.97. The second-order valence-corrected chi connectivity index (χ2v) is 5.83. The molecule has 0 unspecified atom stereocenters. The molecule has 0 fully saturated rings. The maximum atomic E-state index is 11.7. The van der Waals surface area contributed by atoms with Gasteiger partial charge in [0, 0.05) is 4.90 Å². The number of benzene rings is 2. The van der Waals surface area contributed by atoms with Crippen LogP contribution in [0.2, 0.25) is 0 Å². The van der Waals surface area contributed by atoms with Crippen LogP contribution in [0.1, 0.15) is 6.92 Å². The lowest BCUT2D eigenvalue weighted by molar-refractivity contribution is -0.151. The maximum Gasteiger partial charge on any atom is 0.318 e. The molecular formula is C16H16N2O4S. The summed E-state index contributed by atoms with van der Waals surface area (Å²) < 4.78 is 4.94. The van der Waals surface area contributed by atoms with Crippen molar-refractivity contribution in [1.29, 1.82) is 0 Å². The van der Waals surface area contributed by atoms with E-state index >= 15 is 0 Å². The minimum Gasteiger partial charge on any atom is -0.452 e. The number of esters is 1. The molecule has 23 heavy (non-hydrogen) atoms. The van der Waals surface area contributed by atoms with Gasteiger partial charge in [0.05, 0.1) is 5.75 Å². The van der Waals surface area contributed by atoms with E-state index in [4.69, 9.17) is 10.5 Å². The topological polar surface area (TPSA) is 98.5 Å². The second kappa shape index (κ2) is 7.64. The summed E-state index contributed by atoms with van der Waals surface area (Å²) in [6, 6.07) is 12.8. The number of nitrogens with two attached hydrogens (primary N) is 1. The second-order valence-electron chi connectivity index (χ2n) is 4.78. The number of nitrogens with one attached hydrogen (secondary N) is 1. The van der Waals surface area contributed by atoms with Crippen molar-refractivity contribution in [3.63, 3.8) is 0 Å². The Labute approximate surface area is 137 Å². The van der Waals surface area contributed by atoms with E-state index in [0.717, 1.165) is 15.7 Å². The van der Waals surface area contributed by atoms with E-state index in [1.165, 1.54) is 18.7 Å². The van der Waals surface area contributed by atoms with Crippen molar-refractivity contribution in [1.82, 2.24) is 5.32 Å². The van der Waals surface area contributed by atoms with Gasteiger partial charge in [0.2, 0.25) is 0 Å². The van der Waals surface area contributed by atoms with E-state index in [1.807, 2.05) is 47.8 Å². The predicted octanol–water partition coefficient (Wildman–Crippen LogP) is 2.06. The van der Waals surface area contributed by atoms with Crippen molar-refractivity contribution in [3.05, 3.63) is 42.5 Å². The number of hydrogen-bond acceptors (Lipinski definition) is 5. The number of rotatable bonds is 5. The molecule has 0 bridgehead atoms. The van der Waals surface area contributed by atoms with Gasteiger partial charge in [-0.1, -0.05) is 30.3 Å². The summed E-state index contributed by atoms with van der Waals surface area (Å²) >= 11 is 1.31. The molecule has 0 heterocycles. The molecule has 120 valence electrons. The van der Waals surface area contributed by atoms with E-state index < -0.39 is 24.0 Å². The highest BCUT2D eigenvalue weighted by atomic mass is 32.2. The van der Waals surface area contributed by atoms with Gasteiger partial charge in [-0.25, -0.2) is 4.79 Å². The number of imide groups is 1. The number of carbonyl (C=O) groups excluding carboxylic acids is 3. The zero-order chi connectivity index (χ0) is 16.8. The van der Waals surface area contributed by atoms with Crippen molar-refractivity contribution in [2.45, 2.75) is 17.9 Å². The van der Waals surface area contributed by atoms with Gasteiger partial charge in [0.1, 0.15) is 0 Å². The summed E-state index contributed by atoms with van der Waals surface area (Å²) in [4.78, 5) is 34.6. The molecule has 0 radical (unpaired) electrons. The molecule has 6 nitrogen and oxygen atoms in total. The van der Waals surface area contributed by atoms with Crippen LogP contribution in [0.4, 0.5) is 4.79 Å². The molecule has 0 aliphatic heterocycles. The Morgan fingerprint density at radius 3 is 2.57 bits per heavy atom. The van der Waals surface area contributed by atoms with Gasteiger partial charge in [-0.05, 0) is 29.8 Å². The fraction of sp³-hybridized carbons (Fsp3) is 0.188. The number of hydrogen-bond donors (Lipinski definition) is 2. The van der Waals surface area contributed by atoms with Crippen LogP contribution in [-0.2, 0) is 14.3 Å². The van der Waals surface area contributed by atoms with E-state index in [9.17, 15) is 14.4 Å². The van der Waals surface area contributed by atoms with Crippen LogP contribution >= 0.6 is 11.8 Å². The first-order chi connectivity index (χ1) is 11.0. The standard InChI is InChI=1S/C16H16N2O4S/c1-10(15(20)18-16(17)21)22-14(19)9-23-13-7-6-11-4-2-3-5-12(11)8-13/h2-8,10H,9H2,1H3,(H3,17,18,20,21)/t10-/m0/s1. The van der Waals surface area contributed by atoms with Crippen LogP contribution in [0.25, 0.3) is 10.8 Å². The first kappa shape index (κ1) is 16.8. The predicted molar refractivity (Wildman–Crippen MR) is 88.0 cm³/mol. The number of ether oxygens (including phenoxy) is 1. The summed E-state index contributed by atoms with van der Waals surface area (Å²) in [5, 5.41) is 4.06. The summed E-state index contributed by atoms with van der Waals surface area (Å²) in [5.41, 5.74) is 4.83. The number of thioether (sulfide) groups is 1. The molecule has 2 aromatic rings. The number of primary amides is 1. The largest absolute Gasteiger partial charge is 0.452 e. The molecule has 0 aromatic heterocycles. The fourth-order valence-corrected chi connectivity index (χ4v) is 2.63. The molecule has 0 saturated carbocycles. The third kappa shape index (κ3) is 5.00. The normalized spacial score (nSPS) is 11.7. The fourth-order valence-electron chi connectivity index (χ4n) is 1.91. The molecule has 0 spiro atoms. The average Bonchev–Trinajstić information content (AvgIpc) is 2.52. The van der Waals surface area contributed by atoms with Gasteiger partial charge in [-0.2, -0.15) is 0 Å². The summed E-state index contributed by atoms with van der Waals surface area (Å²) in [7, 11) is 0. The van der Waals surface area contributed by atoms with Gasteiger partial charge in [0.15, 0.2) is 6.10 Å². The van der Waals surface area contributed by atoms with Crippen LogP contribution in [0.5, 0.6) is 0 Å². The highest BCUT2D eigenvalue weighted by Gasteiger charge is 2.18. The van der Waals surface area contributed by atoms with Gasteiger partial charge in [0.25, 0.3) is 5.91 Å². The smallest absolute Gasteiger partial charge is 0.318 e. The average molecular weight is 332 g/mol. The van der Waals surface area contributed by atoms with Crippen LogP contribution in [-0.4, -0.2) is 29.8 Å². The highest BCUT2D eigenvalue weighted by molar-refractivity contribution is 8.00. The molecule has 1 atom stereocenters. The van der Waals surface area contributed by atoms with E-state index in [-0.39, 0.29) is 5.75 Å². The van der Waals surface area contributed by atoms with Crippen molar-refractivity contribution < 1.29 is 19.1 Å². The van der Waals surface area contributed by atoms with Crippen molar-refractivity contribution in [2.75, 3.05) is 5.75 Å². The molecular weight excluding hydrogens is 316 g/mol. The lowest BCUT2D eigenvalue weighted by Gasteiger charge is -2.11. The van der Waals surface area contributed by atoms with E-state index in [2.05, 4.69) is 0 Å². The van der Waals surface area contributed by atoms with Gasteiger partial charge in [-0.15, -0.1) is 11.8 Å². The summed E-state index contributed by atoms with van der Waals surface area (Å²) in [6.07, 6.45) is -1.08. The van der Waals surface area contributed by atoms with Crippen molar-refractivity contribution in [2.24, 2.45) is 5.73 Å². The lowest BCUT2D eigenvalue weighted by atomic mass is 10.1. The van der Waals surface area contributed by atoms with Gasteiger partial charge >= 0.3 is 12.0 Å². The Morgan fingerprint density at radius 2 is 1.87 bits per heavy atom. The Morgan fingerprint density at radius 1 is 1.17 bits per heavy atom. The van der Waals surface area contributed by atoms with Crippen molar-refractivity contribution in [3.8, 4) is 0 Å². The Balaban J connectivity index is 1.88. The highest BCUT2D eigenvalue weighted by Crippen LogP contribution is 2.23. The molecule has 2 rings (SSSR count). The minimum atomic E-state index is -1.08. The van der Waals surface area contributed by atoms with Gasteiger partial charge < -0.3 is 10.5 Å². The van der Waals surface area contributed by atoms with Crippen molar-refractivity contribution >= 4 is 40.4 Å². The zero-order valence-electron chi connectivity index (χ0n) is 12.4. The molecule has 2 aromatic carbocycles. The molecule has 0 aliphatic rings. The molecule has 0 saturated heterocycles. The number of amides is 3. The SMILES string of the molecule is C[C@H](OC(=O)CSc1ccc2ccccc2c1)C(=O)NC(N)=O. The van der Waals surface area contributed by atoms with Crippen LogP contribution in [0.3, 0.4) is 0 Å². The van der Waals surface area contributed by atoms with E-state index in [0.29, 0.717) is 0 Å². The van der Waals surface area contributed by atoms with Crippen LogP contribution in [0, 0.1) is 0 Å². The van der Waals surface area contributed by atoms with E-state index in [1.54, 1.807) is 0 Å². The zero-order valence-corrected chi connectivity index (χ0v) is 13.3. The maximum absolute atomic E-state index is 11.7. The number of fused-ring (bicyclic) bond motifs is 1. The Kier molecular flexibility index (Phi) is 5.59. The molecule has 3 amide bonds. The lowest BCUT2D eigenvalue weighted by Crippen LogP contribution is -2.42. The first-order valence-corrected chi connectivity index (χ1v) is 7.85. The van der Waals surface area contributed by atoms with Gasteiger partial charge in [-0.3, -0.25) is 14.9 Å². The third-order valence-electron chi connectivity index (χ3n) is 3.00. The minimum absolute atomic E-state index is 0.0620. The van der Waals surface area contributed by atoms with Crippen LogP contribution < -0.4 is 11.1 Å². The molecule has 7 heteroatoms. The summed E-state index contributed by atoms with van der Waals surface area (Å²) in [6.45, 7) is 1.37. The monoisotopic (exact) mass is 332 g/mol. The number of carbonyl (C=O) groups is 3.